The first kappa shape index (κ1) is 18.2. The van der Waals surface area contributed by atoms with Gasteiger partial charge in [-0.1, -0.05) is 12.1 Å². The minimum atomic E-state index is -3.75. The van der Waals surface area contributed by atoms with Crippen LogP contribution in [0.25, 0.3) is 0 Å². The predicted octanol–water partition coefficient (Wildman–Crippen LogP) is 2.89. The van der Waals surface area contributed by atoms with Crippen LogP contribution in [-0.4, -0.2) is 28.2 Å². The monoisotopic (exact) mass is 353 g/mol. The van der Waals surface area contributed by atoms with Gasteiger partial charge in [-0.15, -0.1) is 0 Å². The fraction of sp³-hybridized carbons (Fsp3) is 0.294. The summed E-state index contributed by atoms with van der Waals surface area (Å²) in [5.74, 6) is 0.659. The van der Waals surface area contributed by atoms with Crippen LogP contribution in [0, 0.1) is 12.7 Å². The fourth-order valence-corrected chi connectivity index (χ4v) is 3.42. The van der Waals surface area contributed by atoms with Crippen molar-refractivity contribution in [1.82, 2.24) is 4.72 Å². The third-order valence-corrected chi connectivity index (χ3v) is 4.94. The van der Waals surface area contributed by atoms with Crippen molar-refractivity contribution in [3.05, 3.63) is 53.8 Å². The average Bonchev–Trinajstić information content (AvgIpc) is 2.55. The van der Waals surface area contributed by atoms with Crippen molar-refractivity contribution in [3.8, 4) is 11.5 Å². The van der Waals surface area contributed by atoms with E-state index in [9.17, 15) is 12.8 Å². The second-order valence-electron chi connectivity index (χ2n) is 5.40. The quantitative estimate of drug-likeness (QED) is 0.831. The van der Waals surface area contributed by atoms with Gasteiger partial charge in [0.2, 0.25) is 10.0 Å². The van der Waals surface area contributed by atoms with Crippen LogP contribution in [-0.2, 0) is 10.0 Å². The lowest BCUT2D eigenvalue weighted by Gasteiger charge is -2.16. The first-order valence-corrected chi connectivity index (χ1v) is 8.86. The zero-order valence-electron chi connectivity index (χ0n) is 13.7. The Kier molecular flexibility index (Phi) is 5.80. The number of rotatable bonds is 7. The van der Waals surface area contributed by atoms with E-state index in [-0.39, 0.29) is 17.1 Å². The van der Waals surface area contributed by atoms with Gasteiger partial charge in [-0.05, 0) is 49.7 Å². The first-order chi connectivity index (χ1) is 11.3. The van der Waals surface area contributed by atoms with Gasteiger partial charge >= 0.3 is 0 Å². The number of nitrogens with one attached hydrogen (secondary N) is 1. The highest BCUT2D eigenvalue weighted by Gasteiger charge is 2.19. The normalized spacial score (nSPS) is 12.7. The van der Waals surface area contributed by atoms with Crippen LogP contribution in [0.5, 0.6) is 11.5 Å². The first-order valence-electron chi connectivity index (χ1n) is 7.38. The molecule has 130 valence electrons. The van der Waals surface area contributed by atoms with Crippen LogP contribution in [0.1, 0.15) is 12.5 Å². The molecule has 0 radical (unpaired) electrons. The number of ether oxygens (including phenoxy) is 2. The standard InChI is InChI=1S/C17H20FNO4S/c1-12-10-14(8-9-15(12)18)24(20,21)19-13(2)11-23-17-7-5-4-6-16(17)22-3/h4-10,13,19H,11H2,1-3H3/t13-/m0/s1. The molecule has 0 amide bonds. The molecular weight excluding hydrogens is 333 g/mol. The lowest BCUT2D eigenvalue weighted by molar-refractivity contribution is 0.271. The highest BCUT2D eigenvalue weighted by atomic mass is 32.2. The van der Waals surface area contributed by atoms with Crippen molar-refractivity contribution < 1.29 is 22.3 Å². The number of halogens is 1. The van der Waals surface area contributed by atoms with Crippen LogP contribution in [0.2, 0.25) is 0 Å². The van der Waals surface area contributed by atoms with Gasteiger partial charge in [-0.3, -0.25) is 0 Å². The topological polar surface area (TPSA) is 64.6 Å². The molecule has 2 aromatic carbocycles. The van der Waals surface area contributed by atoms with Crippen LogP contribution >= 0.6 is 0 Å². The SMILES string of the molecule is COc1ccccc1OC[C@H](C)NS(=O)(=O)c1ccc(F)c(C)c1. The molecule has 0 heterocycles. The van der Waals surface area contributed by atoms with Crippen molar-refractivity contribution in [2.24, 2.45) is 0 Å². The summed E-state index contributed by atoms with van der Waals surface area (Å²) in [4.78, 5) is 0.0190. The van der Waals surface area contributed by atoms with E-state index in [1.165, 1.54) is 26.2 Å². The van der Waals surface area contributed by atoms with Gasteiger partial charge < -0.3 is 9.47 Å². The summed E-state index contributed by atoms with van der Waals surface area (Å²) < 4.78 is 51.2. The minimum Gasteiger partial charge on any atom is -0.493 e. The Morgan fingerprint density at radius 3 is 2.46 bits per heavy atom. The summed E-state index contributed by atoms with van der Waals surface area (Å²) in [6, 6.07) is 10.3. The largest absolute Gasteiger partial charge is 0.493 e. The maximum Gasteiger partial charge on any atom is 0.240 e. The molecule has 0 aliphatic rings. The number of sulfonamides is 1. The Morgan fingerprint density at radius 2 is 1.83 bits per heavy atom. The summed E-state index contributed by atoms with van der Waals surface area (Å²) in [5.41, 5.74) is 0.274. The van der Waals surface area contributed by atoms with Crippen molar-refractivity contribution >= 4 is 10.0 Å². The molecule has 1 atom stereocenters. The molecule has 24 heavy (non-hydrogen) atoms. The fourth-order valence-electron chi connectivity index (χ4n) is 2.10. The van der Waals surface area contributed by atoms with Gasteiger partial charge in [0.1, 0.15) is 12.4 Å². The average molecular weight is 353 g/mol. The summed E-state index contributed by atoms with van der Waals surface area (Å²) in [5, 5.41) is 0. The van der Waals surface area contributed by atoms with E-state index in [1.54, 1.807) is 25.1 Å². The molecule has 5 nitrogen and oxygen atoms in total. The molecule has 0 aromatic heterocycles. The molecule has 2 aromatic rings. The second-order valence-corrected chi connectivity index (χ2v) is 7.11. The van der Waals surface area contributed by atoms with Crippen molar-refractivity contribution in [3.63, 3.8) is 0 Å². The third kappa shape index (κ3) is 4.46. The number of benzene rings is 2. The van der Waals surface area contributed by atoms with Gasteiger partial charge in [0.25, 0.3) is 0 Å². The molecule has 2 rings (SSSR count). The molecule has 0 aliphatic heterocycles. The smallest absolute Gasteiger partial charge is 0.240 e. The summed E-state index contributed by atoms with van der Waals surface area (Å²) >= 11 is 0. The third-order valence-electron chi connectivity index (χ3n) is 3.35. The Balaban J connectivity index is 2.03. The zero-order chi connectivity index (χ0) is 17.7. The molecule has 0 spiro atoms. The van der Waals surface area contributed by atoms with Crippen molar-refractivity contribution in [1.29, 1.82) is 0 Å². The Hall–Kier alpha value is -2.12. The van der Waals surface area contributed by atoms with Crippen LogP contribution in [0.15, 0.2) is 47.4 Å². The van der Waals surface area contributed by atoms with Crippen molar-refractivity contribution in [2.75, 3.05) is 13.7 Å². The highest BCUT2D eigenvalue weighted by Crippen LogP contribution is 2.25. The van der Waals surface area contributed by atoms with Gasteiger partial charge in [-0.2, -0.15) is 0 Å². The molecule has 1 N–H and O–H groups in total. The van der Waals surface area contributed by atoms with E-state index in [0.717, 1.165) is 6.07 Å². The van der Waals surface area contributed by atoms with Gasteiger partial charge in [0.15, 0.2) is 11.5 Å². The molecule has 0 saturated heterocycles. The van der Waals surface area contributed by atoms with E-state index in [4.69, 9.17) is 9.47 Å². The Bertz CT molecular complexity index is 808. The lowest BCUT2D eigenvalue weighted by Crippen LogP contribution is -2.36. The van der Waals surface area contributed by atoms with Gasteiger partial charge in [0.05, 0.1) is 18.0 Å². The molecule has 0 saturated carbocycles. The maximum absolute atomic E-state index is 13.3. The summed E-state index contributed by atoms with van der Waals surface area (Å²) in [7, 11) is -2.21. The van der Waals surface area contributed by atoms with E-state index >= 15 is 0 Å². The summed E-state index contributed by atoms with van der Waals surface area (Å²) in [6.07, 6.45) is 0. The molecule has 0 unspecified atom stereocenters. The number of aryl methyl sites for hydroxylation is 1. The molecular formula is C17H20FNO4S. The molecule has 7 heteroatoms. The van der Waals surface area contributed by atoms with Gasteiger partial charge in [0, 0.05) is 0 Å². The van der Waals surface area contributed by atoms with Crippen LogP contribution < -0.4 is 14.2 Å². The second kappa shape index (κ2) is 7.63. The molecule has 0 aliphatic carbocycles. The van der Waals surface area contributed by atoms with E-state index in [0.29, 0.717) is 11.5 Å². The zero-order valence-corrected chi connectivity index (χ0v) is 14.6. The van der Waals surface area contributed by atoms with E-state index in [1.807, 2.05) is 6.07 Å². The van der Waals surface area contributed by atoms with Gasteiger partial charge in [-0.25, -0.2) is 17.5 Å². The maximum atomic E-state index is 13.3. The Morgan fingerprint density at radius 1 is 1.17 bits per heavy atom. The minimum absolute atomic E-state index is 0.0190. The molecule has 0 bridgehead atoms. The predicted molar refractivity (Wildman–Crippen MR) is 89.4 cm³/mol. The number of hydrogen-bond acceptors (Lipinski definition) is 4. The van der Waals surface area contributed by atoms with Crippen LogP contribution in [0.4, 0.5) is 4.39 Å². The molecule has 0 fully saturated rings. The van der Waals surface area contributed by atoms with E-state index < -0.39 is 21.9 Å². The Labute approximate surface area is 141 Å². The van der Waals surface area contributed by atoms with Crippen molar-refractivity contribution in [2.45, 2.75) is 24.8 Å². The summed E-state index contributed by atoms with van der Waals surface area (Å²) in [6.45, 7) is 3.33. The highest BCUT2D eigenvalue weighted by molar-refractivity contribution is 7.89. The lowest BCUT2D eigenvalue weighted by atomic mass is 10.2. The number of methoxy groups -OCH3 is 1. The number of hydrogen-bond donors (Lipinski definition) is 1. The number of para-hydroxylation sites is 2. The van der Waals surface area contributed by atoms with Crippen LogP contribution in [0.3, 0.4) is 0 Å². The van der Waals surface area contributed by atoms with E-state index in [2.05, 4.69) is 4.72 Å².